The second-order valence-corrected chi connectivity index (χ2v) is 8.71. The van der Waals surface area contributed by atoms with E-state index < -0.39 is 6.03 Å². The number of para-hydroxylation sites is 2. The van der Waals surface area contributed by atoms with Crippen molar-refractivity contribution in [3.8, 4) is 0 Å². The molecule has 8 heteroatoms. The van der Waals surface area contributed by atoms with Gasteiger partial charge in [-0.25, -0.2) is 9.78 Å². The number of nitrogens with zero attached hydrogens (tertiary/aromatic N) is 2. The zero-order valence-corrected chi connectivity index (χ0v) is 19.2. The van der Waals surface area contributed by atoms with Crippen LogP contribution in [0.25, 0.3) is 10.9 Å². The van der Waals surface area contributed by atoms with Crippen molar-refractivity contribution >= 4 is 51.8 Å². The van der Waals surface area contributed by atoms with Gasteiger partial charge in [0.15, 0.2) is 0 Å². The number of hydrogen-bond donors (Lipinski definition) is 4. The lowest BCUT2D eigenvalue weighted by molar-refractivity contribution is 0.262. The molecule has 0 radical (unpaired) electrons. The molecule has 3 aromatic carbocycles. The number of carbonyl (C=O) groups excluding carboxylic acids is 1. The summed E-state index contributed by atoms with van der Waals surface area (Å²) in [6.07, 6.45) is 1.96. The first-order chi connectivity index (χ1) is 16.6. The molecule has 0 saturated heterocycles. The maximum atomic E-state index is 12.6. The van der Waals surface area contributed by atoms with Crippen LogP contribution in [0.4, 0.5) is 27.9 Å². The molecule has 0 aliphatic carbocycles. The number of H-pyrrole nitrogens is 1. The van der Waals surface area contributed by atoms with Crippen LogP contribution in [0.5, 0.6) is 0 Å². The molecule has 0 spiro atoms. The Labute approximate surface area is 201 Å². The van der Waals surface area contributed by atoms with Crippen LogP contribution in [0.15, 0.2) is 101 Å². The molecule has 0 unspecified atom stereocenters. The van der Waals surface area contributed by atoms with Gasteiger partial charge in [-0.05, 0) is 37.3 Å². The first-order valence-electron chi connectivity index (χ1n) is 10.7. The van der Waals surface area contributed by atoms with Crippen LogP contribution in [-0.2, 0) is 0 Å². The minimum absolute atomic E-state index is 0.202. The fraction of sp³-hybridized carbons (Fsp3) is 0.0385. The van der Waals surface area contributed by atoms with Gasteiger partial charge in [0.2, 0.25) is 5.95 Å². The largest absolute Gasteiger partial charge is 0.360 e. The van der Waals surface area contributed by atoms with Gasteiger partial charge in [-0.15, -0.1) is 0 Å². The van der Waals surface area contributed by atoms with Crippen LogP contribution in [-0.4, -0.2) is 21.0 Å². The lowest BCUT2D eigenvalue weighted by Crippen LogP contribution is -2.21. The molecule has 7 nitrogen and oxygen atoms in total. The Balaban J connectivity index is 1.41. The molecule has 0 aliphatic heterocycles. The maximum Gasteiger partial charge on any atom is 0.326 e. The Kier molecular flexibility index (Phi) is 6.13. The van der Waals surface area contributed by atoms with Gasteiger partial charge in [0, 0.05) is 39.4 Å². The van der Waals surface area contributed by atoms with Gasteiger partial charge < -0.3 is 15.6 Å². The Hall–Kier alpha value is -4.30. The highest BCUT2D eigenvalue weighted by Crippen LogP contribution is 2.34. The number of aromatic nitrogens is 3. The van der Waals surface area contributed by atoms with E-state index in [1.807, 2.05) is 92.0 Å². The zero-order valence-electron chi connectivity index (χ0n) is 18.4. The summed E-state index contributed by atoms with van der Waals surface area (Å²) in [6, 6.07) is 26.9. The molecule has 168 valence electrons. The fourth-order valence-corrected chi connectivity index (χ4v) is 4.34. The van der Waals surface area contributed by atoms with Crippen molar-refractivity contribution in [3.05, 3.63) is 96.7 Å². The van der Waals surface area contributed by atoms with E-state index in [2.05, 4.69) is 37.0 Å². The van der Waals surface area contributed by atoms with Gasteiger partial charge in [-0.2, -0.15) is 4.98 Å². The third-order valence-corrected chi connectivity index (χ3v) is 6.03. The van der Waals surface area contributed by atoms with Gasteiger partial charge >= 0.3 is 6.03 Å². The van der Waals surface area contributed by atoms with E-state index in [-0.39, 0.29) is 5.95 Å². The van der Waals surface area contributed by atoms with Crippen molar-refractivity contribution < 1.29 is 4.79 Å². The van der Waals surface area contributed by atoms with Crippen LogP contribution in [0.1, 0.15) is 5.56 Å². The molecule has 0 saturated carbocycles. The molecule has 5 rings (SSSR count). The molecule has 2 heterocycles. The van der Waals surface area contributed by atoms with Crippen LogP contribution in [0, 0.1) is 6.92 Å². The van der Waals surface area contributed by atoms with Crippen molar-refractivity contribution in [3.63, 3.8) is 0 Å². The number of benzene rings is 3. The minimum atomic E-state index is -0.413. The zero-order chi connectivity index (χ0) is 23.3. The normalized spacial score (nSPS) is 10.7. The van der Waals surface area contributed by atoms with E-state index in [9.17, 15) is 4.79 Å². The molecule has 0 fully saturated rings. The van der Waals surface area contributed by atoms with Crippen molar-refractivity contribution in [1.82, 2.24) is 15.0 Å². The van der Waals surface area contributed by atoms with Gasteiger partial charge in [-0.3, -0.25) is 5.32 Å². The van der Waals surface area contributed by atoms with E-state index in [1.54, 1.807) is 0 Å². The van der Waals surface area contributed by atoms with E-state index in [0.717, 1.165) is 27.0 Å². The maximum absolute atomic E-state index is 12.6. The number of urea groups is 1. The van der Waals surface area contributed by atoms with Crippen molar-refractivity contribution in [2.45, 2.75) is 16.8 Å². The van der Waals surface area contributed by atoms with Gasteiger partial charge in [0.1, 0.15) is 10.8 Å². The van der Waals surface area contributed by atoms with Crippen LogP contribution < -0.4 is 16.0 Å². The number of hydrogen-bond acceptors (Lipinski definition) is 5. The molecule has 34 heavy (non-hydrogen) atoms. The Morgan fingerprint density at radius 2 is 1.62 bits per heavy atom. The second-order valence-electron chi connectivity index (χ2n) is 7.65. The average Bonchev–Trinajstić information content (AvgIpc) is 3.24. The molecule has 0 bridgehead atoms. The third-order valence-electron chi connectivity index (χ3n) is 5.05. The fourth-order valence-electron chi connectivity index (χ4n) is 3.41. The lowest BCUT2D eigenvalue weighted by atomic mass is 10.2. The second kappa shape index (κ2) is 9.68. The number of amides is 2. The Morgan fingerprint density at radius 1 is 0.853 bits per heavy atom. The predicted molar refractivity (Wildman–Crippen MR) is 138 cm³/mol. The SMILES string of the molecule is Cc1ccc(NC(=O)Nc2nc(Nc3ccccc3)cc(Sc3c[nH]c4ccccc34)n2)cc1. The third kappa shape index (κ3) is 5.19. The number of anilines is 4. The Morgan fingerprint density at radius 3 is 2.44 bits per heavy atom. The summed E-state index contributed by atoms with van der Waals surface area (Å²) < 4.78 is 0. The van der Waals surface area contributed by atoms with E-state index in [0.29, 0.717) is 16.5 Å². The molecule has 2 amide bonds. The molecule has 5 aromatic rings. The quantitative estimate of drug-likeness (QED) is 0.206. The smallest absolute Gasteiger partial charge is 0.326 e. The highest BCUT2D eigenvalue weighted by molar-refractivity contribution is 7.99. The van der Waals surface area contributed by atoms with Crippen LogP contribution in [0.2, 0.25) is 0 Å². The van der Waals surface area contributed by atoms with Crippen molar-refractivity contribution in [2.75, 3.05) is 16.0 Å². The van der Waals surface area contributed by atoms with Crippen molar-refractivity contribution in [2.24, 2.45) is 0 Å². The molecule has 2 aromatic heterocycles. The van der Waals surface area contributed by atoms with E-state index >= 15 is 0 Å². The van der Waals surface area contributed by atoms with E-state index in [4.69, 9.17) is 0 Å². The molecular formula is C26H22N6OS. The molecule has 4 N–H and O–H groups in total. The summed E-state index contributed by atoms with van der Waals surface area (Å²) in [6.45, 7) is 2.00. The summed E-state index contributed by atoms with van der Waals surface area (Å²) in [5.74, 6) is 0.780. The standard InChI is InChI=1S/C26H22N6OS/c1-17-11-13-19(14-12-17)29-26(33)32-25-30-23(28-18-7-3-2-4-8-18)15-24(31-25)34-22-16-27-21-10-6-5-9-20(21)22/h2-16,27H,1H3,(H3,28,29,30,31,32,33). The summed E-state index contributed by atoms with van der Waals surface area (Å²) in [5, 5.41) is 10.7. The summed E-state index contributed by atoms with van der Waals surface area (Å²) in [4.78, 5) is 26.0. The van der Waals surface area contributed by atoms with Crippen molar-refractivity contribution in [1.29, 1.82) is 0 Å². The first-order valence-corrected chi connectivity index (χ1v) is 11.5. The number of aryl methyl sites for hydroxylation is 1. The monoisotopic (exact) mass is 466 g/mol. The summed E-state index contributed by atoms with van der Waals surface area (Å²) >= 11 is 1.50. The van der Waals surface area contributed by atoms with Gasteiger partial charge in [-0.1, -0.05) is 65.9 Å². The highest BCUT2D eigenvalue weighted by atomic mass is 32.2. The van der Waals surface area contributed by atoms with Crippen LogP contribution >= 0.6 is 11.8 Å². The topological polar surface area (TPSA) is 94.7 Å². The minimum Gasteiger partial charge on any atom is -0.360 e. The van der Waals surface area contributed by atoms with Gasteiger partial charge in [0.25, 0.3) is 0 Å². The first kappa shape index (κ1) is 21.5. The average molecular weight is 467 g/mol. The number of aromatic amines is 1. The van der Waals surface area contributed by atoms with E-state index in [1.165, 1.54) is 11.8 Å². The van der Waals surface area contributed by atoms with Gasteiger partial charge in [0.05, 0.1) is 0 Å². The summed E-state index contributed by atoms with van der Waals surface area (Å²) in [7, 11) is 0. The predicted octanol–water partition coefficient (Wildman–Crippen LogP) is 6.81. The number of fused-ring (bicyclic) bond motifs is 1. The highest BCUT2D eigenvalue weighted by Gasteiger charge is 2.12. The molecule has 0 atom stereocenters. The number of carbonyl (C=O) groups is 1. The lowest BCUT2D eigenvalue weighted by Gasteiger charge is -2.11. The number of rotatable bonds is 6. The number of nitrogens with one attached hydrogen (secondary N) is 4. The van der Waals surface area contributed by atoms with Crippen LogP contribution in [0.3, 0.4) is 0 Å². The molecule has 0 aliphatic rings. The summed E-state index contributed by atoms with van der Waals surface area (Å²) in [5.41, 5.74) is 3.75. The Bertz CT molecular complexity index is 1430. The molecular weight excluding hydrogens is 444 g/mol.